The normalized spacial score (nSPS) is 30.9. The molecule has 0 aromatic carbocycles. The number of fused-ring (bicyclic) bond motifs is 1. The number of rotatable bonds is 5. The van der Waals surface area contributed by atoms with Gasteiger partial charge < -0.3 is 29.0 Å². The van der Waals surface area contributed by atoms with Crippen LogP contribution in [0.5, 0.6) is 0 Å². The number of ether oxygens (including phenoxy) is 5. The Labute approximate surface area is 157 Å². The first kappa shape index (κ1) is 21.4. The Morgan fingerprint density at radius 1 is 1.04 bits per heavy atom. The molecule has 2 rings (SSSR count). The van der Waals surface area contributed by atoms with Crippen LogP contribution in [0.3, 0.4) is 0 Å². The van der Waals surface area contributed by atoms with Gasteiger partial charge >= 0.3 is 6.09 Å². The molecule has 0 aromatic rings. The lowest BCUT2D eigenvalue weighted by Crippen LogP contribution is -2.45. The van der Waals surface area contributed by atoms with Crippen molar-refractivity contribution in [3.05, 3.63) is 0 Å². The Morgan fingerprint density at radius 2 is 1.65 bits per heavy atom. The summed E-state index contributed by atoms with van der Waals surface area (Å²) in [7, 11) is 0. The van der Waals surface area contributed by atoms with Crippen molar-refractivity contribution in [3.8, 4) is 0 Å². The second-order valence-corrected chi connectivity index (χ2v) is 9.42. The van der Waals surface area contributed by atoms with Crippen molar-refractivity contribution in [3.63, 3.8) is 0 Å². The summed E-state index contributed by atoms with van der Waals surface area (Å²) >= 11 is 0. The van der Waals surface area contributed by atoms with Crippen molar-refractivity contribution in [1.29, 1.82) is 0 Å². The van der Waals surface area contributed by atoms with E-state index in [9.17, 15) is 4.79 Å². The minimum absolute atomic E-state index is 0.162. The van der Waals surface area contributed by atoms with Crippen LogP contribution < -0.4 is 5.32 Å². The van der Waals surface area contributed by atoms with Crippen LogP contribution in [0.25, 0.3) is 0 Å². The monoisotopic (exact) mass is 373 g/mol. The third-order valence-corrected chi connectivity index (χ3v) is 4.07. The highest BCUT2D eigenvalue weighted by Gasteiger charge is 2.55. The number of amides is 1. The van der Waals surface area contributed by atoms with Crippen molar-refractivity contribution in [2.75, 3.05) is 13.2 Å². The molecular weight excluding hydrogens is 338 g/mol. The number of nitrogens with one attached hydrogen (secondary N) is 1. The van der Waals surface area contributed by atoms with Gasteiger partial charge in [0.15, 0.2) is 5.79 Å². The van der Waals surface area contributed by atoms with Crippen LogP contribution in [-0.4, -0.2) is 60.6 Å². The lowest BCUT2D eigenvalue weighted by atomic mass is 10.2. The van der Waals surface area contributed by atoms with Crippen LogP contribution >= 0.6 is 0 Å². The topological polar surface area (TPSA) is 75.3 Å². The summed E-state index contributed by atoms with van der Waals surface area (Å²) in [5, 5.41) is 2.91. The van der Waals surface area contributed by atoms with Crippen molar-refractivity contribution < 1.29 is 28.5 Å². The van der Waals surface area contributed by atoms with Gasteiger partial charge in [-0.15, -0.1) is 0 Å². The Bertz CT molecular complexity index is 493. The van der Waals surface area contributed by atoms with Crippen LogP contribution in [0, 0.1) is 0 Å². The molecule has 26 heavy (non-hydrogen) atoms. The predicted molar refractivity (Wildman–Crippen MR) is 97.0 cm³/mol. The molecule has 0 spiro atoms. The fraction of sp³-hybridized carbons (Fsp3) is 0.947. The van der Waals surface area contributed by atoms with Gasteiger partial charge in [0.05, 0.1) is 31.0 Å². The molecule has 1 heterocycles. The zero-order chi connectivity index (χ0) is 19.8. The highest BCUT2D eigenvalue weighted by Crippen LogP contribution is 2.39. The van der Waals surface area contributed by atoms with Gasteiger partial charge in [0.25, 0.3) is 0 Å². The first-order valence-corrected chi connectivity index (χ1v) is 9.36. The summed E-state index contributed by atoms with van der Waals surface area (Å²) in [6, 6.07) is -0.217. The van der Waals surface area contributed by atoms with Crippen LogP contribution in [0.1, 0.15) is 61.8 Å². The first-order chi connectivity index (χ1) is 11.8. The van der Waals surface area contributed by atoms with Crippen molar-refractivity contribution in [2.24, 2.45) is 0 Å². The van der Waals surface area contributed by atoms with E-state index in [1.165, 1.54) is 0 Å². The SMILES string of the molecule is CC(C)(C)OCCOC1C[C@@H](NC(=O)OC(C)(C)C)[C@@H]2OC(C)(C)O[C@H]12. The molecule has 0 aromatic heterocycles. The van der Waals surface area contributed by atoms with E-state index in [4.69, 9.17) is 23.7 Å². The van der Waals surface area contributed by atoms with Crippen molar-refractivity contribution in [1.82, 2.24) is 5.32 Å². The van der Waals surface area contributed by atoms with Crippen molar-refractivity contribution >= 4 is 6.09 Å². The lowest BCUT2D eigenvalue weighted by Gasteiger charge is -2.26. The molecule has 1 N–H and O–H groups in total. The third-order valence-electron chi connectivity index (χ3n) is 4.07. The molecule has 1 amide bonds. The fourth-order valence-corrected chi connectivity index (χ4v) is 3.24. The second-order valence-electron chi connectivity index (χ2n) is 9.42. The number of alkyl carbamates (subject to hydrolysis) is 1. The average molecular weight is 373 g/mol. The first-order valence-electron chi connectivity index (χ1n) is 9.36. The van der Waals surface area contributed by atoms with Gasteiger partial charge in [0, 0.05) is 0 Å². The largest absolute Gasteiger partial charge is 0.444 e. The van der Waals surface area contributed by atoms with Crippen LogP contribution in [0.2, 0.25) is 0 Å². The average Bonchev–Trinajstić information content (AvgIpc) is 2.87. The van der Waals surface area contributed by atoms with Crippen LogP contribution in [-0.2, 0) is 23.7 Å². The summed E-state index contributed by atoms with van der Waals surface area (Å²) in [6.45, 7) is 16.3. The molecule has 7 heteroatoms. The predicted octanol–water partition coefficient (Wildman–Crippen LogP) is 3.00. The molecule has 2 aliphatic rings. The summed E-state index contributed by atoms with van der Waals surface area (Å²) in [6.07, 6.45) is -0.484. The molecule has 0 radical (unpaired) electrons. The second kappa shape index (κ2) is 7.62. The third kappa shape index (κ3) is 6.37. The highest BCUT2D eigenvalue weighted by atomic mass is 16.8. The zero-order valence-electron chi connectivity index (χ0n) is 17.4. The van der Waals surface area contributed by atoms with E-state index in [1.54, 1.807) is 0 Å². The Kier molecular flexibility index (Phi) is 6.27. The molecule has 1 unspecified atom stereocenters. The smallest absolute Gasteiger partial charge is 0.407 e. The van der Waals surface area contributed by atoms with Gasteiger partial charge in [-0.25, -0.2) is 4.79 Å². The number of hydrogen-bond acceptors (Lipinski definition) is 6. The molecular formula is C19H35NO6. The van der Waals surface area contributed by atoms with Gasteiger partial charge in [-0.1, -0.05) is 0 Å². The quantitative estimate of drug-likeness (QED) is 0.747. The van der Waals surface area contributed by atoms with Gasteiger partial charge in [-0.2, -0.15) is 0 Å². The highest BCUT2D eigenvalue weighted by molar-refractivity contribution is 5.68. The Hall–Kier alpha value is -0.890. The molecule has 7 nitrogen and oxygen atoms in total. The maximum absolute atomic E-state index is 12.2. The van der Waals surface area contributed by atoms with Gasteiger partial charge in [0.2, 0.25) is 0 Å². The Morgan fingerprint density at radius 3 is 2.23 bits per heavy atom. The maximum atomic E-state index is 12.2. The molecule has 0 bridgehead atoms. The standard InChI is InChI=1S/C19H35NO6/c1-17(2,3)23-10-9-22-13-11-12(20-16(21)26-18(4,5)6)14-15(13)25-19(7,8)24-14/h12-15H,9-11H2,1-8H3,(H,20,21)/t12-,13?,14+,15-/m1/s1. The molecule has 1 saturated heterocycles. The molecule has 4 atom stereocenters. The summed E-state index contributed by atoms with van der Waals surface area (Å²) in [5.41, 5.74) is -0.744. The lowest BCUT2D eigenvalue weighted by molar-refractivity contribution is -0.170. The van der Waals surface area contributed by atoms with Gasteiger partial charge in [0.1, 0.15) is 17.8 Å². The maximum Gasteiger partial charge on any atom is 0.407 e. The molecule has 1 aliphatic carbocycles. The van der Waals surface area contributed by atoms with E-state index in [2.05, 4.69) is 5.32 Å². The van der Waals surface area contributed by atoms with E-state index >= 15 is 0 Å². The fourth-order valence-electron chi connectivity index (χ4n) is 3.24. The van der Waals surface area contributed by atoms with Crippen LogP contribution in [0.15, 0.2) is 0 Å². The van der Waals surface area contributed by atoms with E-state index < -0.39 is 17.5 Å². The minimum Gasteiger partial charge on any atom is -0.444 e. The number of hydrogen-bond donors (Lipinski definition) is 1. The van der Waals surface area contributed by atoms with Gasteiger partial charge in [-0.3, -0.25) is 0 Å². The summed E-state index contributed by atoms with van der Waals surface area (Å²) in [4.78, 5) is 12.2. The van der Waals surface area contributed by atoms with E-state index in [-0.39, 0.29) is 30.0 Å². The van der Waals surface area contributed by atoms with E-state index in [0.717, 1.165) is 0 Å². The summed E-state index contributed by atoms with van der Waals surface area (Å²) in [5.74, 6) is -0.701. The summed E-state index contributed by atoms with van der Waals surface area (Å²) < 4.78 is 29.1. The van der Waals surface area contributed by atoms with Crippen LogP contribution in [0.4, 0.5) is 4.79 Å². The zero-order valence-corrected chi connectivity index (χ0v) is 17.4. The molecule has 152 valence electrons. The van der Waals surface area contributed by atoms with Gasteiger partial charge in [-0.05, 0) is 61.8 Å². The number of carbonyl (C=O) groups is 1. The van der Waals surface area contributed by atoms with E-state index in [0.29, 0.717) is 19.6 Å². The molecule has 1 saturated carbocycles. The van der Waals surface area contributed by atoms with E-state index in [1.807, 2.05) is 55.4 Å². The minimum atomic E-state index is -0.701. The number of carbonyl (C=O) groups excluding carboxylic acids is 1. The van der Waals surface area contributed by atoms with Crippen molar-refractivity contribution in [2.45, 2.75) is 103 Å². The Balaban J connectivity index is 1.93. The molecule has 2 fully saturated rings. The molecule has 1 aliphatic heterocycles.